The van der Waals surface area contributed by atoms with Crippen molar-refractivity contribution in [3.8, 4) is 28.3 Å². The normalized spacial score (nSPS) is 10.8. The van der Waals surface area contributed by atoms with Gasteiger partial charge in [0.2, 0.25) is 5.91 Å². The number of amides is 1. The molecule has 1 heterocycles. The highest BCUT2D eigenvalue weighted by Crippen LogP contribution is 2.38. The summed E-state index contributed by atoms with van der Waals surface area (Å²) in [7, 11) is 0. The average Bonchev–Trinajstić information content (AvgIpc) is 3.26. The van der Waals surface area contributed by atoms with Crippen LogP contribution in [0.5, 0.6) is 0 Å². The zero-order chi connectivity index (χ0) is 26.7. The number of carbonyl (C=O) groups is 2. The monoisotopic (exact) mass is 544 g/mol. The molecule has 0 aliphatic rings. The molecule has 4 aromatic rings. The summed E-state index contributed by atoms with van der Waals surface area (Å²) in [6.45, 7) is 2.09. The standard InChI is InChI=1S/C26H20Cl2F2N4O3/c1-14(35)31-11-12-32-20-7-3-2-5-16(20)25-33-23(26(36)37)24(15-9-10-19(29)18(28)13-15)34(25)21-8-4-6-17(27)22(21)30/h2-10,13,32H,11-12H2,1H3,(H,31,35)(H,36,37). The van der Waals surface area contributed by atoms with Gasteiger partial charge in [0.05, 0.1) is 21.4 Å². The molecule has 0 radical (unpaired) electrons. The van der Waals surface area contributed by atoms with Crippen LogP contribution in [0, 0.1) is 11.6 Å². The smallest absolute Gasteiger partial charge is 0.356 e. The van der Waals surface area contributed by atoms with E-state index in [0.717, 1.165) is 6.07 Å². The van der Waals surface area contributed by atoms with Gasteiger partial charge in [-0.25, -0.2) is 18.6 Å². The highest BCUT2D eigenvalue weighted by molar-refractivity contribution is 6.31. The van der Waals surface area contributed by atoms with Crippen LogP contribution in [-0.4, -0.2) is 39.6 Å². The number of anilines is 1. The van der Waals surface area contributed by atoms with Crippen molar-refractivity contribution >= 4 is 40.8 Å². The minimum atomic E-state index is -1.38. The van der Waals surface area contributed by atoms with Crippen molar-refractivity contribution < 1.29 is 23.5 Å². The van der Waals surface area contributed by atoms with E-state index in [9.17, 15) is 19.1 Å². The molecule has 0 aliphatic heterocycles. The summed E-state index contributed by atoms with van der Waals surface area (Å²) in [6.07, 6.45) is 0. The Hall–Kier alpha value is -3.95. The van der Waals surface area contributed by atoms with Crippen LogP contribution in [0.1, 0.15) is 17.4 Å². The van der Waals surface area contributed by atoms with E-state index in [1.165, 1.54) is 41.8 Å². The number of carboxylic acids is 1. The maximum absolute atomic E-state index is 15.4. The molecule has 1 amide bonds. The maximum atomic E-state index is 15.4. The average molecular weight is 545 g/mol. The van der Waals surface area contributed by atoms with Crippen molar-refractivity contribution in [2.45, 2.75) is 6.92 Å². The summed E-state index contributed by atoms with van der Waals surface area (Å²) in [5, 5.41) is 15.5. The number of carbonyl (C=O) groups excluding carboxylic acids is 1. The molecule has 7 nitrogen and oxygen atoms in total. The third kappa shape index (κ3) is 5.42. The fourth-order valence-electron chi connectivity index (χ4n) is 3.83. The summed E-state index contributed by atoms with van der Waals surface area (Å²) in [5.41, 5.74) is 0.738. The first-order chi connectivity index (χ1) is 17.7. The number of carboxylic acid groups (broad SMARTS) is 1. The van der Waals surface area contributed by atoms with Crippen LogP contribution in [0.4, 0.5) is 14.5 Å². The molecule has 11 heteroatoms. The zero-order valence-corrected chi connectivity index (χ0v) is 20.9. The van der Waals surface area contributed by atoms with E-state index in [-0.39, 0.29) is 38.7 Å². The highest BCUT2D eigenvalue weighted by Gasteiger charge is 2.28. The Morgan fingerprint density at radius 2 is 1.76 bits per heavy atom. The van der Waals surface area contributed by atoms with Gasteiger partial charge in [-0.3, -0.25) is 9.36 Å². The van der Waals surface area contributed by atoms with Gasteiger partial charge in [-0.15, -0.1) is 0 Å². The molecule has 0 saturated carbocycles. The van der Waals surface area contributed by atoms with Crippen molar-refractivity contribution in [3.05, 3.63) is 88.0 Å². The van der Waals surface area contributed by atoms with Crippen molar-refractivity contribution in [1.82, 2.24) is 14.9 Å². The maximum Gasteiger partial charge on any atom is 0.356 e. The number of halogens is 4. The fourth-order valence-corrected chi connectivity index (χ4v) is 4.18. The van der Waals surface area contributed by atoms with Gasteiger partial charge in [0, 0.05) is 36.8 Å². The summed E-state index contributed by atoms with van der Waals surface area (Å²) in [5.74, 6) is -2.97. The molecule has 3 N–H and O–H groups in total. The lowest BCUT2D eigenvalue weighted by molar-refractivity contribution is -0.118. The number of nitrogens with one attached hydrogen (secondary N) is 2. The van der Waals surface area contributed by atoms with E-state index < -0.39 is 23.3 Å². The van der Waals surface area contributed by atoms with Gasteiger partial charge in [0.15, 0.2) is 11.5 Å². The van der Waals surface area contributed by atoms with Crippen molar-refractivity contribution in [1.29, 1.82) is 0 Å². The molecule has 0 aliphatic carbocycles. The Morgan fingerprint density at radius 3 is 2.46 bits per heavy atom. The largest absolute Gasteiger partial charge is 0.476 e. The second-order valence-corrected chi connectivity index (χ2v) is 8.74. The molecule has 4 rings (SSSR count). The Kier molecular flexibility index (Phi) is 7.75. The Bertz CT molecular complexity index is 1510. The van der Waals surface area contributed by atoms with Gasteiger partial charge < -0.3 is 15.7 Å². The molecule has 0 spiro atoms. The Labute approximate surface area is 220 Å². The van der Waals surface area contributed by atoms with Crippen molar-refractivity contribution in [2.75, 3.05) is 18.4 Å². The summed E-state index contributed by atoms with van der Waals surface area (Å²) in [6, 6.07) is 14.9. The Morgan fingerprint density at radius 1 is 1.00 bits per heavy atom. The van der Waals surface area contributed by atoms with E-state index in [4.69, 9.17) is 23.2 Å². The van der Waals surface area contributed by atoms with Crippen LogP contribution < -0.4 is 10.6 Å². The number of nitrogens with zero attached hydrogens (tertiary/aromatic N) is 2. The van der Waals surface area contributed by atoms with Gasteiger partial charge in [0.25, 0.3) is 0 Å². The van der Waals surface area contributed by atoms with Crippen LogP contribution in [0.15, 0.2) is 60.7 Å². The number of rotatable bonds is 8. The molecule has 0 bridgehead atoms. The van der Waals surface area contributed by atoms with Crippen LogP contribution in [0.3, 0.4) is 0 Å². The van der Waals surface area contributed by atoms with Crippen LogP contribution in [-0.2, 0) is 4.79 Å². The minimum absolute atomic E-state index is 0.0152. The minimum Gasteiger partial charge on any atom is -0.476 e. The van der Waals surface area contributed by atoms with Crippen molar-refractivity contribution in [3.63, 3.8) is 0 Å². The summed E-state index contributed by atoms with van der Waals surface area (Å²) in [4.78, 5) is 27.9. The molecule has 0 fully saturated rings. The molecule has 37 heavy (non-hydrogen) atoms. The van der Waals surface area contributed by atoms with E-state index in [1.54, 1.807) is 24.3 Å². The fraction of sp³-hybridized carbons (Fsp3) is 0.115. The zero-order valence-electron chi connectivity index (χ0n) is 19.4. The summed E-state index contributed by atoms with van der Waals surface area (Å²) >= 11 is 12.1. The Balaban J connectivity index is 2.00. The number of benzene rings is 3. The SMILES string of the molecule is CC(=O)NCCNc1ccccc1-c1nc(C(=O)O)c(-c2ccc(F)c(Cl)c2)n1-c1cccc(Cl)c1F. The van der Waals surface area contributed by atoms with Gasteiger partial charge in [-0.2, -0.15) is 0 Å². The lowest BCUT2D eigenvalue weighted by atomic mass is 10.1. The second kappa shape index (κ2) is 11.0. The molecular formula is C26H20Cl2F2N4O3. The number of imidazole rings is 1. The molecule has 0 atom stereocenters. The molecule has 3 aromatic carbocycles. The van der Waals surface area contributed by atoms with Crippen LogP contribution in [0.2, 0.25) is 10.0 Å². The van der Waals surface area contributed by atoms with Gasteiger partial charge in [0.1, 0.15) is 11.6 Å². The third-order valence-corrected chi connectivity index (χ3v) is 6.01. The first-order valence-corrected chi connectivity index (χ1v) is 11.8. The molecular weight excluding hydrogens is 525 g/mol. The number of aromatic carboxylic acids is 1. The lowest BCUT2D eigenvalue weighted by Crippen LogP contribution is -2.26. The van der Waals surface area contributed by atoms with E-state index in [2.05, 4.69) is 15.6 Å². The summed E-state index contributed by atoms with van der Waals surface area (Å²) < 4.78 is 30.7. The predicted molar refractivity (Wildman–Crippen MR) is 139 cm³/mol. The lowest BCUT2D eigenvalue weighted by Gasteiger charge is -2.17. The number of hydrogen-bond donors (Lipinski definition) is 3. The molecule has 1 aromatic heterocycles. The van der Waals surface area contributed by atoms with Gasteiger partial charge in [-0.05, 0) is 42.5 Å². The van der Waals surface area contributed by atoms with Gasteiger partial charge in [-0.1, -0.05) is 41.4 Å². The number of aromatic nitrogens is 2. The first-order valence-electron chi connectivity index (χ1n) is 11.0. The van der Waals surface area contributed by atoms with E-state index in [0.29, 0.717) is 24.3 Å². The van der Waals surface area contributed by atoms with Crippen molar-refractivity contribution in [2.24, 2.45) is 0 Å². The first kappa shape index (κ1) is 26.1. The quantitative estimate of drug-likeness (QED) is 0.235. The number of hydrogen-bond acceptors (Lipinski definition) is 4. The van der Waals surface area contributed by atoms with Crippen LogP contribution >= 0.6 is 23.2 Å². The predicted octanol–water partition coefficient (Wildman–Crippen LogP) is 6.04. The second-order valence-electron chi connectivity index (χ2n) is 7.93. The molecule has 0 unspecified atom stereocenters. The molecule has 190 valence electrons. The van der Waals surface area contributed by atoms with E-state index >= 15 is 4.39 Å². The van der Waals surface area contributed by atoms with Gasteiger partial charge >= 0.3 is 5.97 Å². The van der Waals surface area contributed by atoms with E-state index in [1.807, 2.05) is 0 Å². The topological polar surface area (TPSA) is 96.2 Å². The third-order valence-electron chi connectivity index (χ3n) is 5.43. The number of para-hydroxylation sites is 1. The highest BCUT2D eigenvalue weighted by atomic mass is 35.5. The van der Waals surface area contributed by atoms with Crippen LogP contribution in [0.25, 0.3) is 28.3 Å². The molecule has 0 saturated heterocycles.